The van der Waals surface area contributed by atoms with E-state index in [4.69, 9.17) is 14.8 Å². The van der Waals surface area contributed by atoms with Crippen molar-refractivity contribution in [2.45, 2.75) is 25.7 Å². The minimum Gasteiger partial charge on any atom is -0.494 e. The quantitative estimate of drug-likeness (QED) is 0.193. The molecule has 0 radical (unpaired) electrons. The van der Waals surface area contributed by atoms with Crippen molar-refractivity contribution in [3.63, 3.8) is 0 Å². The van der Waals surface area contributed by atoms with Crippen molar-refractivity contribution in [1.29, 1.82) is 0 Å². The highest BCUT2D eigenvalue weighted by Crippen LogP contribution is 2.31. The number of hydrogen-bond acceptors (Lipinski definition) is 5. The van der Waals surface area contributed by atoms with Crippen molar-refractivity contribution < 1.29 is 19.6 Å². The van der Waals surface area contributed by atoms with E-state index < -0.39 is 10.9 Å². The molecule has 33 heavy (non-hydrogen) atoms. The second kappa shape index (κ2) is 9.95. The Morgan fingerprint density at radius 1 is 1.00 bits per heavy atom. The minimum atomic E-state index is -0.782. The molecule has 0 spiro atoms. The molecule has 0 unspecified atom stereocenters. The third kappa shape index (κ3) is 5.17. The van der Waals surface area contributed by atoms with Gasteiger partial charge in [-0.3, -0.25) is 19.5 Å². The molecule has 0 saturated carbocycles. The van der Waals surface area contributed by atoms with Crippen molar-refractivity contribution in [2.24, 2.45) is 0 Å². The van der Waals surface area contributed by atoms with Gasteiger partial charge in [0.2, 0.25) is 0 Å². The number of ether oxygens (including phenoxy) is 1. The first-order valence-corrected chi connectivity index (χ1v) is 10.7. The number of benzene rings is 3. The smallest absolute Gasteiger partial charge is 0.303 e. The number of hydrogen-bond donors (Lipinski definition) is 1. The number of nitro benzene ring substituents is 1. The molecule has 0 aliphatic rings. The Bertz CT molecular complexity index is 1270. The first kappa shape index (κ1) is 22.0. The molecular formula is C25H23N3O5. The molecule has 0 bridgehead atoms. The molecule has 8 nitrogen and oxygen atoms in total. The Balaban J connectivity index is 1.66. The molecule has 0 amide bonds. The third-order valence-corrected chi connectivity index (χ3v) is 5.28. The van der Waals surface area contributed by atoms with Gasteiger partial charge in [0.25, 0.3) is 5.69 Å². The minimum absolute atomic E-state index is 0.0244. The van der Waals surface area contributed by atoms with Crippen molar-refractivity contribution in [3.8, 4) is 22.8 Å². The van der Waals surface area contributed by atoms with Gasteiger partial charge in [-0.2, -0.15) is 0 Å². The summed E-state index contributed by atoms with van der Waals surface area (Å²) in [5.74, 6) is 0.628. The first-order chi connectivity index (χ1) is 16.0. The second-order valence-electron chi connectivity index (χ2n) is 7.61. The van der Waals surface area contributed by atoms with Crippen LogP contribution in [0.25, 0.3) is 28.1 Å². The number of carboxylic acid groups (broad SMARTS) is 1. The lowest BCUT2D eigenvalue weighted by Crippen LogP contribution is -2.00. The molecule has 0 aliphatic carbocycles. The van der Waals surface area contributed by atoms with Gasteiger partial charge in [-0.15, -0.1) is 0 Å². The zero-order valence-electron chi connectivity index (χ0n) is 17.9. The molecule has 4 rings (SSSR count). The average Bonchev–Trinajstić information content (AvgIpc) is 3.20. The van der Waals surface area contributed by atoms with Crippen molar-refractivity contribution in [3.05, 3.63) is 82.9 Å². The summed E-state index contributed by atoms with van der Waals surface area (Å²) < 4.78 is 7.87. The first-order valence-electron chi connectivity index (χ1n) is 10.7. The van der Waals surface area contributed by atoms with Crippen LogP contribution in [-0.4, -0.2) is 32.2 Å². The van der Waals surface area contributed by atoms with E-state index in [9.17, 15) is 14.9 Å². The van der Waals surface area contributed by atoms with E-state index >= 15 is 0 Å². The molecule has 0 fully saturated rings. The zero-order chi connectivity index (χ0) is 23.2. The van der Waals surface area contributed by atoms with E-state index in [0.29, 0.717) is 18.8 Å². The summed E-state index contributed by atoms with van der Waals surface area (Å²) in [7, 11) is 0. The fourth-order valence-electron chi connectivity index (χ4n) is 3.66. The fourth-order valence-corrected chi connectivity index (χ4v) is 3.66. The molecule has 0 atom stereocenters. The van der Waals surface area contributed by atoms with E-state index in [-0.39, 0.29) is 12.1 Å². The molecule has 0 saturated heterocycles. The van der Waals surface area contributed by atoms with Crippen LogP contribution >= 0.6 is 0 Å². The van der Waals surface area contributed by atoms with Crippen LogP contribution in [0.3, 0.4) is 0 Å². The average molecular weight is 445 g/mol. The lowest BCUT2D eigenvalue weighted by Gasteiger charge is -2.11. The molecule has 1 heterocycles. The Hall–Kier alpha value is -4.20. The van der Waals surface area contributed by atoms with Crippen LogP contribution in [-0.2, 0) is 4.79 Å². The Labute approximate surface area is 190 Å². The van der Waals surface area contributed by atoms with Crippen LogP contribution in [0, 0.1) is 10.1 Å². The molecular weight excluding hydrogens is 422 g/mol. The predicted molar refractivity (Wildman–Crippen MR) is 125 cm³/mol. The van der Waals surface area contributed by atoms with Gasteiger partial charge in [-0.1, -0.05) is 30.3 Å². The van der Waals surface area contributed by atoms with E-state index in [1.54, 1.807) is 12.1 Å². The van der Waals surface area contributed by atoms with Gasteiger partial charge in [-0.25, -0.2) is 4.98 Å². The van der Waals surface area contributed by atoms with Crippen LogP contribution in [0.1, 0.15) is 25.7 Å². The number of aliphatic carboxylic acids is 1. The molecule has 1 aromatic heterocycles. The number of carboxylic acids is 1. The summed E-state index contributed by atoms with van der Waals surface area (Å²) in [5.41, 5.74) is 3.31. The number of carbonyl (C=O) groups is 1. The maximum Gasteiger partial charge on any atom is 0.303 e. The molecule has 4 aromatic rings. The number of aromatic nitrogens is 2. The van der Waals surface area contributed by atoms with Gasteiger partial charge in [0.15, 0.2) is 0 Å². The molecule has 3 aromatic carbocycles. The summed E-state index contributed by atoms with van der Waals surface area (Å²) in [5, 5.41) is 19.8. The summed E-state index contributed by atoms with van der Waals surface area (Å²) in [4.78, 5) is 26.1. The van der Waals surface area contributed by atoms with Crippen LogP contribution in [0.15, 0.2) is 72.8 Å². The summed E-state index contributed by atoms with van der Waals surface area (Å²) in [6.45, 7) is 0.488. The number of nitrogens with zero attached hydrogens (tertiary/aromatic N) is 3. The van der Waals surface area contributed by atoms with Crippen LogP contribution < -0.4 is 4.74 Å². The zero-order valence-corrected chi connectivity index (χ0v) is 17.9. The van der Waals surface area contributed by atoms with E-state index in [1.807, 2.05) is 53.1 Å². The second-order valence-corrected chi connectivity index (χ2v) is 7.61. The standard InChI is InChI=1S/C25H23N3O5/c29-24(30)9-5-2-6-16-33-21-14-15-22-23(17-21)27(19-10-12-20(13-11-19)28(31)32)25(26-22)18-7-3-1-4-8-18/h1,3-4,7-8,10-15,17H,2,5-6,9,16H2,(H,29,30). The van der Waals surface area contributed by atoms with Gasteiger partial charge in [0, 0.05) is 35.9 Å². The van der Waals surface area contributed by atoms with E-state index in [1.165, 1.54) is 12.1 Å². The summed E-state index contributed by atoms with van der Waals surface area (Å²) >= 11 is 0. The molecule has 0 aliphatic heterocycles. The van der Waals surface area contributed by atoms with Crippen LogP contribution in [0.2, 0.25) is 0 Å². The maximum absolute atomic E-state index is 11.1. The monoisotopic (exact) mass is 445 g/mol. The Morgan fingerprint density at radius 3 is 2.45 bits per heavy atom. The number of fused-ring (bicyclic) bond motifs is 1. The van der Waals surface area contributed by atoms with Crippen molar-refractivity contribution in [2.75, 3.05) is 6.61 Å². The SMILES string of the molecule is O=C(O)CCCCCOc1ccc2nc(-c3ccccc3)n(-c3ccc([N+](=O)[O-])cc3)c2c1. The predicted octanol–water partition coefficient (Wildman–Crippen LogP) is 5.62. The van der Waals surface area contributed by atoms with E-state index in [2.05, 4.69) is 0 Å². The highest BCUT2D eigenvalue weighted by molar-refractivity contribution is 5.84. The number of non-ortho nitro benzene ring substituents is 1. The number of unbranched alkanes of at least 4 members (excludes halogenated alkanes) is 2. The number of nitro groups is 1. The topological polar surface area (TPSA) is 107 Å². The third-order valence-electron chi connectivity index (χ3n) is 5.28. The van der Waals surface area contributed by atoms with Crippen molar-refractivity contribution >= 4 is 22.7 Å². The Kier molecular flexibility index (Phi) is 6.64. The fraction of sp³-hybridized carbons (Fsp3) is 0.200. The lowest BCUT2D eigenvalue weighted by molar-refractivity contribution is -0.384. The van der Waals surface area contributed by atoms with Crippen LogP contribution in [0.5, 0.6) is 5.75 Å². The Morgan fingerprint density at radius 2 is 1.76 bits per heavy atom. The van der Waals surface area contributed by atoms with Gasteiger partial charge in [0.05, 0.1) is 22.6 Å². The van der Waals surface area contributed by atoms with Crippen molar-refractivity contribution in [1.82, 2.24) is 9.55 Å². The van der Waals surface area contributed by atoms with Gasteiger partial charge in [0.1, 0.15) is 11.6 Å². The lowest BCUT2D eigenvalue weighted by atomic mass is 10.2. The highest BCUT2D eigenvalue weighted by atomic mass is 16.6. The molecule has 1 N–H and O–H groups in total. The van der Waals surface area contributed by atoms with Gasteiger partial charge in [-0.05, 0) is 43.5 Å². The van der Waals surface area contributed by atoms with Gasteiger partial charge < -0.3 is 9.84 Å². The maximum atomic E-state index is 11.1. The summed E-state index contributed by atoms with van der Waals surface area (Å²) in [6.07, 6.45) is 2.35. The number of rotatable bonds is 10. The molecule has 168 valence electrons. The van der Waals surface area contributed by atoms with E-state index in [0.717, 1.165) is 41.0 Å². The van der Waals surface area contributed by atoms with Gasteiger partial charge >= 0.3 is 5.97 Å². The number of imidazole rings is 1. The molecule has 8 heteroatoms. The highest BCUT2D eigenvalue weighted by Gasteiger charge is 2.16. The largest absolute Gasteiger partial charge is 0.494 e. The van der Waals surface area contributed by atoms with Crippen LogP contribution in [0.4, 0.5) is 5.69 Å². The summed E-state index contributed by atoms with van der Waals surface area (Å²) in [6, 6.07) is 21.8. The normalized spacial score (nSPS) is 10.9.